The molecular weight excluding hydrogens is 355 g/mol. The number of nitro groups is 1. The maximum Gasteiger partial charge on any atom is 0.337 e. The molecule has 0 aromatic heterocycles. The van der Waals surface area contributed by atoms with Crippen LogP contribution in [0.1, 0.15) is 15.9 Å². The zero-order valence-electron chi connectivity index (χ0n) is 12.7. The van der Waals surface area contributed by atoms with Crippen molar-refractivity contribution in [2.75, 3.05) is 19.0 Å². The lowest BCUT2D eigenvalue weighted by atomic mass is 10.1. The van der Waals surface area contributed by atoms with Crippen molar-refractivity contribution in [3.8, 4) is 0 Å². The van der Waals surface area contributed by atoms with Gasteiger partial charge in [0.05, 0.1) is 27.6 Å². The minimum absolute atomic E-state index is 0.132. The molecule has 0 heterocycles. The summed E-state index contributed by atoms with van der Waals surface area (Å²) in [4.78, 5) is 21.9. The number of rotatable bonds is 6. The van der Waals surface area contributed by atoms with Crippen LogP contribution in [0.3, 0.4) is 0 Å². The Morgan fingerprint density at radius 1 is 1.21 bits per heavy atom. The molecule has 2 aromatic carbocycles. The van der Waals surface area contributed by atoms with Crippen molar-refractivity contribution in [1.29, 1.82) is 0 Å². The summed E-state index contributed by atoms with van der Waals surface area (Å²) in [6.07, 6.45) is 0.610. The van der Waals surface area contributed by atoms with E-state index >= 15 is 0 Å². The molecule has 8 heteroatoms. The van der Waals surface area contributed by atoms with E-state index in [1.165, 1.54) is 19.2 Å². The van der Waals surface area contributed by atoms with Gasteiger partial charge in [0.25, 0.3) is 5.69 Å². The second-order valence-electron chi connectivity index (χ2n) is 4.91. The molecule has 0 aliphatic rings. The summed E-state index contributed by atoms with van der Waals surface area (Å²) >= 11 is 11.7. The third-order valence-electron chi connectivity index (χ3n) is 3.34. The number of benzene rings is 2. The molecule has 126 valence electrons. The highest BCUT2D eigenvalue weighted by molar-refractivity contribution is 6.42. The molecule has 0 bridgehead atoms. The number of nitrogens with one attached hydrogen (secondary N) is 1. The number of halogens is 2. The lowest BCUT2D eigenvalue weighted by molar-refractivity contribution is -0.383. The van der Waals surface area contributed by atoms with Crippen LogP contribution in [0.5, 0.6) is 0 Å². The summed E-state index contributed by atoms with van der Waals surface area (Å²) in [6, 6.07) is 9.60. The largest absolute Gasteiger partial charge is 0.465 e. The fourth-order valence-electron chi connectivity index (χ4n) is 2.10. The summed E-state index contributed by atoms with van der Waals surface area (Å²) in [6.45, 7) is 0.455. The fourth-order valence-corrected chi connectivity index (χ4v) is 2.42. The van der Waals surface area contributed by atoms with Gasteiger partial charge in [0.15, 0.2) is 0 Å². The molecule has 0 saturated carbocycles. The molecule has 0 atom stereocenters. The minimum atomic E-state index is -0.518. The Kier molecular flexibility index (Phi) is 6.00. The van der Waals surface area contributed by atoms with E-state index in [0.29, 0.717) is 24.2 Å². The molecule has 0 amide bonds. The molecule has 24 heavy (non-hydrogen) atoms. The highest BCUT2D eigenvalue weighted by Crippen LogP contribution is 2.33. The van der Waals surface area contributed by atoms with Crippen LogP contribution < -0.4 is 5.32 Å². The highest BCUT2D eigenvalue weighted by atomic mass is 35.5. The van der Waals surface area contributed by atoms with Gasteiger partial charge in [-0.05, 0) is 30.2 Å². The standard InChI is InChI=1S/C16H14Cl2N2O4/c1-24-16(21)11-4-2-10(3-5-11)6-7-19-14-8-12(17)13(18)9-15(14)20(22)23/h2-5,8-9,19H,6-7H2,1H3. The minimum Gasteiger partial charge on any atom is -0.465 e. The predicted molar refractivity (Wildman–Crippen MR) is 93.1 cm³/mol. The van der Waals surface area contributed by atoms with Gasteiger partial charge in [0.2, 0.25) is 0 Å². The number of methoxy groups -OCH3 is 1. The first-order valence-corrected chi connectivity index (χ1v) is 7.72. The van der Waals surface area contributed by atoms with Crippen LogP contribution >= 0.6 is 23.2 Å². The van der Waals surface area contributed by atoms with Crippen molar-refractivity contribution in [3.05, 3.63) is 67.7 Å². The van der Waals surface area contributed by atoms with E-state index in [-0.39, 0.29) is 15.7 Å². The Bertz CT molecular complexity index is 763. The molecule has 0 aliphatic heterocycles. The van der Waals surface area contributed by atoms with E-state index in [0.717, 1.165) is 5.56 Å². The van der Waals surface area contributed by atoms with Crippen molar-refractivity contribution in [2.24, 2.45) is 0 Å². The van der Waals surface area contributed by atoms with Gasteiger partial charge in [-0.1, -0.05) is 35.3 Å². The zero-order chi connectivity index (χ0) is 17.7. The molecular formula is C16H14Cl2N2O4. The molecule has 1 N–H and O–H groups in total. The lowest BCUT2D eigenvalue weighted by Gasteiger charge is -2.09. The van der Waals surface area contributed by atoms with Crippen molar-refractivity contribution in [3.63, 3.8) is 0 Å². The number of carbonyl (C=O) groups excluding carboxylic acids is 1. The second-order valence-corrected chi connectivity index (χ2v) is 5.72. The van der Waals surface area contributed by atoms with E-state index in [9.17, 15) is 14.9 Å². The summed E-state index contributed by atoms with van der Waals surface area (Å²) in [5, 5.41) is 14.4. The SMILES string of the molecule is COC(=O)c1ccc(CCNc2cc(Cl)c(Cl)cc2[N+](=O)[O-])cc1. The van der Waals surface area contributed by atoms with Gasteiger partial charge < -0.3 is 10.1 Å². The molecule has 2 aromatic rings. The van der Waals surface area contributed by atoms with Crippen LogP contribution in [0, 0.1) is 10.1 Å². The van der Waals surface area contributed by atoms with Gasteiger partial charge in [-0.25, -0.2) is 4.79 Å². The Labute approximate surface area is 148 Å². The number of esters is 1. The molecule has 0 saturated heterocycles. The maximum atomic E-state index is 11.4. The number of hydrogen-bond donors (Lipinski definition) is 1. The zero-order valence-corrected chi connectivity index (χ0v) is 14.2. The normalized spacial score (nSPS) is 10.3. The number of nitrogens with zero attached hydrogens (tertiary/aromatic N) is 1. The van der Waals surface area contributed by atoms with Crippen LogP contribution in [-0.4, -0.2) is 24.5 Å². The number of anilines is 1. The summed E-state index contributed by atoms with van der Waals surface area (Å²) in [5.41, 5.74) is 1.61. The average Bonchev–Trinajstić information content (AvgIpc) is 2.57. The monoisotopic (exact) mass is 368 g/mol. The Morgan fingerprint density at radius 3 is 2.42 bits per heavy atom. The number of carbonyl (C=O) groups is 1. The van der Waals surface area contributed by atoms with Crippen molar-refractivity contribution >= 4 is 40.5 Å². The summed E-state index contributed by atoms with van der Waals surface area (Å²) in [5.74, 6) is -0.397. The van der Waals surface area contributed by atoms with Crippen LogP contribution in [-0.2, 0) is 11.2 Å². The topological polar surface area (TPSA) is 81.5 Å². The first kappa shape index (κ1) is 18.0. The molecule has 0 aliphatic carbocycles. The highest BCUT2D eigenvalue weighted by Gasteiger charge is 2.16. The van der Waals surface area contributed by atoms with Crippen LogP contribution in [0.2, 0.25) is 10.0 Å². The van der Waals surface area contributed by atoms with Crippen molar-refractivity contribution < 1.29 is 14.5 Å². The van der Waals surface area contributed by atoms with Gasteiger partial charge in [-0.3, -0.25) is 10.1 Å². The quantitative estimate of drug-likeness (QED) is 0.465. The molecule has 0 fully saturated rings. The first-order chi connectivity index (χ1) is 11.4. The number of ether oxygens (including phenoxy) is 1. The van der Waals surface area contributed by atoms with Crippen molar-refractivity contribution in [1.82, 2.24) is 0 Å². The third-order valence-corrected chi connectivity index (χ3v) is 4.06. The predicted octanol–water partition coefficient (Wildman–Crippen LogP) is 4.34. The fraction of sp³-hybridized carbons (Fsp3) is 0.188. The summed E-state index contributed by atoms with van der Waals surface area (Å²) < 4.78 is 4.63. The lowest BCUT2D eigenvalue weighted by Crippen LogP contribution is -2.07. The average molecular weight is 369 g/mol. The van der Waals surface area contributed by atoms with Crippen LogP contribution in [0.25, 0.3) is 0 Å². The number of nitro benzene ring substituents is 1. The summed E-state index contributed by atoms with van der Waals surface area (Å²) in [7, 11) is 1.32. The van der Waals surface area contributed by atoms with Crippen molar-refractivity contribution in [2.45, 2.75) is 6.42 Å². The van der Waals surface area contributed by atoms with E-state index in [2.05, 4.69) is 10.1 Å². The Morgan fingerprint density at radius 2 is 1.83 bits per heavy atom. The van der Waals surface area contributed by atoms with Gasteiger partial charge in [-0.15, -0.1) is 0 Å². The second kappa shape index (κ2) is 7.99. The first-order valence-electron chi connectivity index (χ1n) is 6.97. The van der Waals surface area contributed by atoms with E-state index in [1.54, 1.807) is 24.3 Å². The molecule has 0 spiro atoms. The molecule has 2 rings (SSSR count). The maximum absolute atomic E-state index is 11.4. The number of hydrogen-bond acceptors (Lipinski definition) is 5. The third kappa shape index (κ3) is 4.37. The Balaban J connectivity index is 2.03. The van der Waals surface area contributed by atoms with E-state index < -0.39 is 10.9 Å². The van der Waals surface area contributed by atoms with E-state index in [4.69, 9.17) is 23.2 Å². The van der Waals surface area contributed by atoms with Gasteiger partial charge in [-0.2, -0.15) is 0 Å². The molecule has 6 nitrogen and oxygen atoms in total. The van der Waals surface area contributed by atoms with Gasteiger partial charge in [0, 0.05) is 12.6 Å². The van der Waals surface area contributed by atoms with E-state index in [1.807, 2.05) is 0 Å². The van der Waals surface area contributed by atoms with Crippen LogP contribution in [0.15, 0.2) is 36.4 Å². The molecule has 0 radical (unpaired) electrons. The van der Waals surface area contributed by atoms with Crippen LogP contribution in [0.4, 0.5) is 11.4 Å². The molecule has 0 unspecified atom stereocenters. The smallest absolute Gasteiger partial charge is 0.337 e. The van der Waals surface area contributed by atoms with Gasteiger partial charge >= 0.3 is 5.97 Å². The van der Waals surface area contributed by atoms with Gasteiger partial charge in [0.1, 0.15) is 5.69 Å². The Hall–Kier alpha value is -2.31.